The number of unbranched alkanes of at least 4 members (excludes halogenated alkanes) is 1. The first-order chi connectivity index (χ1) is 18.0. The monoisotopic (exact) mass is 502 g/mol. The summed E-state index contributed by atoms with van der Waals surface area (Å²) in [5.74, 6) is -0.220. The molecule has 1 unspecified atom stereocenters. The molecule has 2 aromatic carbocycles. The molecule has 1 aromatic heterocycles. The minimum absolute atomic E-state index is 0.00758. The zero-order chi connectivity index (χ0) is 26.4. The second-order valence-electron chi connectivity index (χ2n) is 8.63. The van der Waals surface area contributed by atoms with E-state index in [-0.39, 0.29) is 17.9 Å². The predicted octanol–water partition coefficient (Wildman–Crippen LogP) is 4.90. The van der Waals surface area contributed by atoms with E-state index >= 15 is 0 Å². The van der Waals surface area contributed by atoms with Crippen LogP contribution in [0.15, 0.2) is 72.6 Å². The van der Waals surface area contributed by atoms with E-state index in [1.165, 1.54) is 19.1 Å². The van der Waals surface area contributed by atoms with Crippen molar-refractivity contribution in [2.24, 2.45) is 0 Å². The standard InChI is InChI=1S/C29H30N2O6/c1-4-5-14-37-22-10-6-9-21(15-22)27(32)25-26(20-11-12-23(35-2)24(16-20)36-3)31(29(34)28(25)33)18-19-8-7-13-30-17-19/h6-13,15-17,26,32H,4-5,14,18H2,1-3H3/b27-25+. The molecule has 1 fully saturated rings. The summed E-state index contributed by atoms with van der Waals surface area (Å²) in [7, 11) is 3.04. The molecule has 1 amide bonds. The molecule has 192 valence electrons. The van der Waals surface area contributed by atoms with Crippen molar-refractivity contribution in [3.63, 3.8) is 0 Å². The average Bonchev–Trinajstić information content (AvgIpc) is 3.18. The van der Waals surface area contributed by atoms with Gasteiger partial charge >= 0.3 is 0 Å². The molecule has 0 bridgehead atoms. The van der Waals surface area contributed by atoms with E-state index in [9.17, 15) is 14.7 Å². The number of ketones is 1. The Morgan fingerprint density at radius 3 is 2.54 bits per heavy atom. The third kappa shape index (κ3) is 5.43. The summed E-state index contributed by atoms with van der Waals surface area (Å²) in [6, 6.07) is 14.8. The Morgan fingerprint density at radius 2 is 1.84 bits per heavy atom. The van der Waals surface area contributed by atoms with Crippen molar-refractivity contribution in [1.29, 1.82) is 0 Å². The fraction of sp³-hybridized carbons (Fsp3) is 0.276. The highest BCUT2D eigenvalue weighted by atomic mass is 16.5. The lowest BCUT2D eigenvalue weighted by molar-refractivity contribution is -0.140. The molecule has 37 heavy (non-hydrogen) atoms. The Balaban J connectivity index is 1.83. The largest absolute Gasteiger partial charge is 0.507 e. The first kappa shape index (κ1) is 25.8. The molecule has 1 atom stereocenters. The molecule has 4 rings (SSSR count). The lowest BCUT2D eigenvalue weighted by atomic mass is 9.94. The summed E-state index contributed by atoms with van der Waals surface area (Å²) in [5, 5.41) is 11.4. The number of aromatic nitrogens is 1. The number of rotatable bonds is 10. The van der Waals surface area contributed by atoms with Gasteiger partial charge in [0.2, 0.25) is 0 Å². The van der Waals surface area contributed by atoms with Gasteiger partial charge in [0.1, 0.15) is 11.5 Å². The van der Waals surface area contributed by atoms with Crippen LogP contribution in [0.1, 0.15) is 42.5 Å². The quantitative estimate of drug-likeness (QED) is 0.182. The Hall–Kier alpha value is -4.33. The number of hydrogen-bond acceptors (Lipinski definition) is 7. The van der Waals surface area contributed by atoms with Crippen molar-refractivity contribution in [1.82, 2.24) is 9.88 Å². The van der Waals surface area contributed by atoms with Crippen molar-refractivity contribution in [3.8, 4) is 17.2 Å². The molecule has 8 nitrogen and oxygen atoms in total. The number of amides is 1. The van der Waals surface area contributed by atoms with Gasteiger partial charge in [-0.3, -0.25) is 14.6 Å². The van der Waals surface area contributed by atoms with E-state index < -0.39 is 17.7 Å². The van der Waals surface area contributed by atoms with E-state index in [1.807, 2.05) is 6.07 Å². The normalized spacial score (nSPS) is 16.6. The molecule has 8 heteroatoms. The third-order valence-corrected chi connectivity index (χ3v) is 6.21. The van der Waals surface area contributed by atoms with Gasteiger partial charge in [0, 0.05) is 24.5 Å². The number of aliphatic hydroxyl groups is 1. The number of likely N-dealkylation sites (tertiary alicyclic amines) is 1. The molecule has 2 heterocycles. The number of carbonyl (C=O) groups is 2. The van der Waals surface area contributed by atoms with Gasteiger partial charge in [0.15, 0.2) is 11.5 Å². The summed E-state index contributed by atoms with van der Waals surface area (Å²) in [6.07, 6.45) is 5.17. The number of aliphatic hydroxyl groups excluding tert-OH is 1. The lowest BCUT2D eigenvalue weighted by Crippen LogP contribution is -2.29. The molecule has 0 aliphatic carbocycles. The zero-order valence-electron chi connectivity index (χ0n) is 21.1. The van der Waals surface area contributed by atoms with Gasteiger partial charge in [-0.25, -0.2) is 0 Å². The van der Waals surface area contributed by atoms with Crippen LogP contribution in [-0.4, -0.2) is 47.5 Å². The highest BCUT2D eigenvalue weighted by Crippen LogP contribution is 2.42. The predicted molar refractivity (Wildman–Crippen MR) is 138 cm³/mol. The highest BCUT2D eigenvalue weighted by molar-refractivity contribution is 6.46. The smallest absolute Gasteiger partial charge is 0.295 e. The van der Waals surface area contributed by atoms with Gasteiger partial charge in [0.05, 0.1) is 32.4 Å². The Kier molecular flexibility index (Phi) is 8.08. The van der Waals surface area contributed by atoms with Crippen molar-refractivity contribution in [2.75, 3.05) is 20.8 Å². The number of hydrogen-bond donors (Lipinski definition) is 1. The van der Waals surface area contributed by atoms with E-state index in [4.69, 9.17) is 14.2 Å². The van der Waals surface area contributed by atoms with Crippen molar-refractivity contribution >= 4 is 17.4 Å². The summed E-state index contributed by atoms with van der Waals surface area (Å²) in [6.45, 7) is 2.75. The fourth-order valence-corrected chi connectivity index (χ4v) is 4.32. The maximum absolute atomic E-state index is 13.4. The molecule has 1 aliphatic heterocycles. The van der Waals surface area contributed by atoms with Crippen LogP contribution >= 0.6 is 0 Å². The molecular formula is C29H30N2O6. The van der Waals surface area contributed by atoms with Gasteiger partial charge < -0.3 is 24.2 Å². The topological polar surface area (TPSA) is 98.2 Å². The van der Waals surface area contributed by atoms with E-state index in [2.05, 4.69) is 11.9 Å². The van der Waals surface area contributed by atoms with Crippen LogP contribution in [0.5, 0.6) is 17.2 Å². The molecule has 0 radical (unpaired) electrons. The van der Waals surface area contributed by atoms with E-state index in [1.54, 1.807) is 60.9 Å². The van der Waals surface area contributed by atoms with E-state index in [0.29, 0.717) is 35.0 Å². The summed E-state index contributed by atoms with van der Waals surface area (Å²) < 4.78 is 16.6. The Morgan fingerprint density at radius 1 is 1.03 bits per heavy atom. The maximum atomic E-state index is 13.4. The molecule has 3 aromatic rings. The lowest BCUT2D eigenvalue weighted by Gasteiger charge is -2.26. The number of methoxy groups -OCH3 is 2. The van der Waals surface area contributed by atoms with Crippen molar-refractivity contribution < 1.29 is 28.9 Å². The Bertz CT molecular complexity index is 1300. The van der Waals surface area contributed by atoms with Gasteiger partial charge in [-0.15, -0.1) is 0 Å². The number of benzene rings is 2. The van der Waals surface area contributed by atoms with Gasteiger partial charge in [-0.2, -0.15) is 0 Å². The third-order valence-electron chi connectivity index (χ3n) is 6.21. The first-order valence-electron chi connectivity index (χ1n) is 12.1. The summed E-state index contributed by atoms with van der Waals surface area (Å²) in [5.41, 5.74) is 1.73. The first-order valence-corrected chi connectivity index (χ1v) is 12.1. The zero-order valence-corrected chi connectivity index (χ0v) is 21.1. The molecule has 1 aliphatic rings. The minimum Gasteiger partial charge on any atom is -0.507 e. The van der Waals surface area contributed by atoms with Crippen LogP contribution in [0.3, 0.4) is 0 Å². The molecule has 1 N–H and O–H groups in total. The van der Waals surface area contributed by atoms with Crippen molar-refractivity contribution in [3.05, 3.63) is 89.3 Å². The molecular weight excluding hydrogens is 472 g/mol. The van der Waals surface area contributed by atoms with Crippen LogP contribution in [0.25, 0.3) is 5.76 Å². The number of ether oxygens (including phenoxy) is 3. The van der Waals surface area contributed by atoms with E-state index in [0.717, 1.165) is 18.4 Å². The molecule has 1 saturated heterocycles. The van der Waals surface area contributed by atoms with Crippen LogP contribution in [0.2, 0.25) is 0 Å². The SMILES string of the molecule is CCCCOc1cccc(/C(O)=C2\C(=O)C(=O)N(Cc3cccnc3)C2c2ccc(OC)c(OC)c2)c1. The Labute approximate surface area is 216 Å². The fourth-order valence-electron chi connectivity index (χ4n) is 4.32. The maximum Gasteiger partial charge on any atom is 0.295 e. The second kappa shape index (κ2) is 11.6. The van der Waals surface area contributed by atoms with Gasteiger partial charge in [0.25, 0.3) is 11.7 Å². The van der Waals surface area contributed by atoms with Gasteiger partial charge in [-0.1, -0.05) is 37.6 Å². The summed E-state index contributed by atoms with van der Waals surface area (Å²) in [4.78, 5) is 32.2. The number of carbonyl (C=O) groups excluding carboxylic acids is 2. The average molecular weight is 503 g/mol. The number of Topliss-reactive ketones (excluding diaryl/α,β-unsaturated/α-hetero) is 1. The molecule has 0 saturated carbocycles. The van der Waals surface area contributed by atoms with Crippen LogP contribution in [-0.2, 0) is 16.1 Å². The highest BCUT2D eigenvalue weighted by Gasteiger charge is 2.46. The number of pyridine rings is 1. The summed E-state index contributed by atoms with van der Waals surface area (Å²) >= 11 is 0. The number of nitrogens with zero attached hydrogens (tertiary/aromatic N) is 2. The van der Waals surface area contributed by atoms with Gasteiger partial charge in [-0.05, 0) is 47.9 Å². The van der Waals surface area contributed by atoms with Crippen LogP contribution in [0, 0.1) is 0 Å². The second-order valence-corrected chi connectivity index (χ2v) is 8.63. The van der Waals surface area contributed by atoms with Crippen LogP contribution in [0.4, 0.5) is 0 Å². The van der Waals surface area contributed by atoms with Crippen LogP contribution < -0.4 is 14.2 Å². The minimum atomic E-state index is -0.857. The molecule has 0 spiro atoms. The van der Waals surface area contributed by atoms with Crippen molar-refractivity contribution in [2.45, 2.75) is 32.4 Å².